The van der Waals surface area contributed by atoms with E-state index in [1.54, 1.807) is 0 Å². The average Bonchev–Trinajstić information content (AvgIpc) is 1.90. The van der Waals surface area contributed by atoms with E-state index in [1.807, 2.05) is 12.2 Å². The van der Waals surface area contributed by atoms with E-state index >= 15 is 0 Å². The summed E-state index contributed by atoms with van der Waals surface area (Å²) >= 11 is 5.79. The highest BCUT2D eigenvalue weighted by Crippen LogP contribution is 2.12. The van der Waals surface area contributed by atoms with Crippen LogP contribution in [0.1, 0.15) is 19.8 Å². The molecule has 0 radical (unpaired) electrons. The van der Waals surface area contributed by atoms with Gasteiger partial charge in [0.2, 0.25) is 0 Å². The first-order chi connectivity index (χ1) is 4.79. The van der Waals surface area contributed by atoms with Crippen LogP contribution in [0.15, 0.2) is 34.9 Å². The van der Waals surface area contributed by atoms with Crippen LogP contribution in [0.25, 0.3) is 0 Å². The van der Waals surface area contributed by atoms with Crippen LogP contribution in [0.3, 0.4) is 0 Å². The first-order valence-electron chi connectivity index (χ1n) is 3.48. The average molecular weight is 155 g/mol. The minimum atomic E-state index is 0.819. The van der Waals surface area contributed by atoms with Gasteiger partial charge in [-0.25, -0.2) is 0 Å². The molecule has 0 bridgehead atoms. The fourth-order valence-electron chi connectivity index (χ4n) is 0.868. The van der Waals surface area contributed by atoms with Crippen LogP contribution in [0.5, 0.6) is 0 Å². The van der Waals surface area contributed by atoms with E-state index < -0.39 is 0 Å². The van der Waals surface area contributed by atoms with Crippen molar-refractivity contribution < 1.29 is 0 Å². The van der Waals surface area contributed by atoms with Crippen molar-refractivity contribution in [2.45, 2.75) is 19.8 Å². The zero-order valence-corrected chi connectivity index (χ0v) is 6.86. The Balaban J connectivity index is 2.75. The maximum absolute atomic E-state index is 5.79. The van der Waals surface area contributed by atoms with Gasteiger partial charge < -0.3 is 0 Å². The highest BCUT2D eigenvalue weighted by molar-refractivity contribution is 6.31. The topological polar surface area (TPSA) is 0 Å². The molecule has 0 amide bonds. The summed E-state index contributed by atoms with van der Waals surface area (Å²) < 4.78 is 0. The molecular weight excluding hydrogens is 144 g/mol. The molecule has 0 spiro atoms. The van der Waals surface area contributed by atoms with Gasteiger partial charge in [-0.2, -0.15) is 0 Å². The van der Waals surface area contributed by atoms with Crippen molar-refractivity contribution in [3.63, 3.8) is 0 Å². The molecule has 10 heavy (non-hydrogen) atoms. The molecular formula is C9H11Cl. The van der Waals surface area contributed by atoms with E-state index in [2.05, 4.69) is 19.1 Å². The van der Waals surface area contributed by atoms with Crippen LogP contribution in [0.4, 0.5) is 0 Å². The summed E-state index contributed by atoms with van der Waals surface area (Å²) in [5.74, 6) is 0. The van der Waals surface area contributed by atoms with Gasteiger partial charge in [0.15, 0.2) is 0 Å². The summed E-state index contributed by atoms with van der Waals surface area (Å²) in [5, 5.41) is 0.819. The summed E-state index contributed by atoms with van der Waals surface area (Å²) in [6.07, 6.45) is 10.3. The second kappa shape index (κ2) is 3.62. The van der Waals surface area contributed by atoms with Crippen LogP contribution in [-0.2, 0) is 0 Å². The molecule has 0 N–H and O–H groups in total. The molecule has 0 nitrogen and oxygen atoms in total. The second-order valence-corrected chi connectivity index (χ2v) is 2.94. The molecule has 0 saturated carbocycles. The smallest absolute Gasteiger partial charge is 0.0402 e. The molecule has 0 aromatic carbocycles. The fourth-order valence-corrected chi connectivity index (χ4v) is 1.02. The maximum atomic E-state index is 5.79. The molecule has 0 aromatic rings. The normalized spacial score (nSPS) is 19.0. The van der Waals surface area contributed by atoms with E-state index in [1.165, 1.54) is 5.57 Å². The number of rotatable bonds is 0. The van der Waals surface area contributed by atoms with Crippen molar-refractivity contribution in [3.05, 3.63) is 34.9 Å². The molecule has 1 heteroatoms. The first kappa shape index (κ1) is 7.62. The molecule has 1 aliphatic carbocycles. The van der Waals surface area contributed by atoms with Gasteiger partial charge in [0, 0.05) is 5.03 Å². The SMILES string of the molecule is CC1=CC=C(Cl)C=CCC1. The van der Waals surface area contributed by atoms with Gasteiger partial charge >= 0.3 is 0 Å². The van der Waals surface area contributed by atoms with Gasteiger partial charge in [-0.1, -0.05) is 29.3 Å². The highest BCUT2D eigenvalue weighted by Gasteiger charge is 1.90. The lowest BCUT2D eigenvalue weighted by Crippen LogP contribution is -1.78. The third-order valence-corrected chi connectivity index (χ3v) is 1.76. The highest BCUT2D eigenvalue weighted by atomic mass is 35.5. The van der Waals surface area contributed by atoms with Crippen molar-refractivity contribution in [1.29, 1.82) is 0 Å². The Bertz CT molecular complexity index is 197. The van der Waals surface area contributed by atoms with Crippen LogP contribution >= 0.6 is 11.6 Å². The van der Waals surface area contributed by atoms with E-state index in [9.17, 15) is 0 Å². The van der Waals surface area contributed by atoms with Crippen LogP contribution in [0, 0.1) is 0 Å². The van der Waals surface area contributed by atoms with Gasteiger partial charge in [0.05, 0.1) is 0 Å². The monoisotopic (exact) mass is 154 g/mol. The van der Waals surface area contributed by atoms with E-state index in [4.69, 9.17) is 11.6 Å². The standard InChI is InChI=1S/C9H11Cl/c1-8-4-2-3-5-9(10)7-6-8/h3,5-7H,2,4H2,1H3. The zero-order chi connectivity index (χ0) is 7.40. The fraction of sp³-hybridized carbons (Fsp3) is 0.333. The summed E-state index contributed by atoms with van der Waals surface area (Å²) in [4.78, 5) is 0. The molecule has 54 valence electrons. The summed E-state index contributed by atoms with van der Waals surface area (Å²) in [6, 6.07) is 0. The predicted octanol–water partition coefficient (Wildman–Crippen LogP) is 3.41. The third-order valence-electron chi connectivity index (χ3n) is 1.51. The molecule has 1 rings (SSSR count). The first-order valence-corrected chi connectivity index (χ1v) is 3.86. The minimum absolute atomic E-state index is 0.819. The van der Waals surface area contributed by atoms with Crippen LogP contribution in [-0.4, -0.2) is 0 Å². The lowest BCUT2D eigenvalue weighted by atomic mass is 10.1. The summed E-state index contributed by atoms with van der Waals surface area (Å²) in [6.45, 7) is 2.12. The molecule has 0 heterocycles. The number of halogens is 1. The molecule has 0 unspecified atom stereocenters. The van der Waals surface area contributed by atoms with Gasteiger partial charge in [-0.05, 0) is 31.9 Å². The van der Waals surface area contributed by atoms with Crippen LogP contribution in [0.2, 0.25) is 0 Å². The van der Waals surface area contributed by atoms with Gasteiger partial charge in [0.25, 0.3) is 0 Å². The van der Waals surface area contributed by atoms with Crippen molar-refractivity contribution in [1.82, 2.24) is 0 Å². The van der Waals surface area contributed by atoms with Gasteiger partial charge in [-0.15, -0.1) is 0 Å². The van der Waals surface area contributed by atoms with Crippen LogP contribution < -0.4 is 0 Å². The largest absolute Gasteiger partial charge is 0.0844 e. The molecule has 0 fully saturated rings. The zero-order valence-electron chi connectivity index (χ0n) is 6.10. The molecule has 0 aliphatic heterocycles. The Labute approximate surface area is 66.9 Å². The second-order valence-electron chi connectivity index (χ2n) is 2.51. The minimum Gasteiger partial charge on any atom is -0.0844 e. The van der Waals surface area contributed by atoms with E-state index in [0.717, 1.165) is 17.9 Å². The van der Waals surface area contributed by atoms with Crippen molar-refractivity contribution in [2.75, 3.05) is 0 Å². The van der Waals surface area contributed by atoms with Crippen molar-refractivity contribution >= 4 is 11.6 Å². The summed E-state index contributed by atoms with van der Waals surface area (Å²) in [5.41, 5.74) is 1.39. The Kier molecular flexibility index (Phi) is 2.76. The Morgan fingerprint density at radius 3 is 3.00 bits per heavy atom. The molecule has 1 aliphatic rings. The predicted molar refractivity (Wildman–Crippen MR) is 46.1 cm³/mol. The third kappa shape index (κ3) is 2.40. The number of hydrogen-bond acceptors (Lipinski definition) is 0. The van der Waals surface area contributed by atoms with Crippen molar-refractivity contribution in [3.8, 4) is 0 Å². The molecule has 0 atom stereocenters. The van der Waals surface area contributed by atoms with Crippen molar-refractivity contribution in [2.24, 2.45) is 0 Å². The lowest BCUT2D eigenvalue weighted by Gasteiger charge is -1.98. The number of hydrogen-bond donors (Lipinski definition) is 0. The molecule has 0 aromatic heterocycles. The van der Waals surface area contributed by atoms with E-state index in [0.29, 0.717) is 0 Å². The van der Waals surface area contributed by atoms with Gasteiger partial charge in [-0.3, -0.25) is 0 Å². The quantitative estimate of drug-likeness (QED) is 0.502. The Hall–Kier alpha value is -0.490. The number of allylic oxidation sites excluding steroid dienone is 6. The molecule has 0 saturated heterocycles. The maximum Gasteiger partial charge on any atom is 0.0402 e. The summed E-state index contributed by atoms with van der Waals surface area (Å²) in [7, 11) is 0. The Morgan fingerprint density at radius 2 is 2.20 bits per heavy atom. The van der Waals surface area contributed by atoms with Gasteiger partial charge in [0.1, 0.15) is 0 Å². The van der Waals surface area contributed by atoms with E-state index in [-0.39, 0.29) is 0 Å². The Morgan fingerprint density at radius 1 is 1.40 bits per heavy atom. The lowest BCUT2D eigenvalue weighted by molar-refractivity contribution is 0.975.